The molecule has 0 saturated heterocycles. The summed E-state index contributed by atoms with van der Waals surface area (Å²) in [6.07, 6.45) is 0. The summed E-state index contributed by atoms with van der Waals surface area (Å²) in [6.45, 7) is 27.2. The van der Waals surface area contributed by atoms with Gasteiger partial charge in [0.1, 0.15) is 0 Å². The first-order valence-corrected chi connectivity index (χ1v) is 19.7. The van der Waals surface area contributed by atoms with E-state index in [4.69, 9.17) is 0 Å². The summed E-state index contributed by atoms with van der Waals surface area (Å²) < 4.78 is 3.04. The van der Waals surface area contributed by atoms with Crippen molar-refractivity contribution in [2.24, 2.45) is 0 Å². The molecule has 1 atom stereocenters. The fourth-order valence-electron chi connectivity index (χ4n) is 8.75. The summed E-state index contributed by atoms with van der Waals surface area (Å²) in [5.41, 5.74) is 27.2. The minimum Gasteiger partial charge on any atom is -0.153 e. The fourth-order valence-corrected chi connectivity index (χ4v) is 12.2. The maximum absolute atomic E-state index is 2.40. The average molecular weight is 734 g/mol. The molecule has 6 rings (SSSR count). The van der Waals surface area contributed by atoms with Gasteiger partial charge in [-0.25, -0.2) is 0 Å². The van der Waals surface area contributed by atoms with Crippen LogP contribution < -0.4 is 8.79 Å². The van der Waals surface area contributed by atoms with Crippen molar-refractivity contribution in [3.8, 4) is 44.5 Å². The van der Waals surface area contributed by atoms with E-state index in [2.05, 4.69) is 168 Å². The number of hydrogen-bond donors (Lipinski definition) is 0. The van der Waals surface area contributed by atoms with Crippen molar-refractivity contribution in [2.75, 3.05) is 0 Å². The Morgan fingerprint density at radius 2 is 0.480 bits per heavy atom. The van der Waals surface area contributed by atoms with E-state index in [1.54, 1.807) is 0 Å². The Balaban J connectivity index is 0.00000486. The second-order valence-corrected chi connectivity index (χ2v) is 17.3. The van der Waals surface area contributed by atoms with Gasteiger partial charge in [0, 0.05) is 0 Å². The smallest absolute Gasteiger partial charge is 0.153 e. The van der Waals surface area contributed by atoms with Gasteiger partial charge in [0.25, 0.3) is 0 Å². The van der Waals surface area contributed by atoms with Gasteiger partial charge in [-0.3, -0.25) is 0 Å². The molecule has 0 fully saturated rings. The van der Waals surface area contributed by atoms with Crippen LogP contribution >= 0.6 is 9.90 Å². The van der Waals surface area contributed by atoms with Gasteiger partial charge in [-0.1, -0.05) is 0 Å². The van der Waals surface area contributed by atoms with Crippen LogP contribution in [-0.2, 0) is 0 Å². The molecule has 1 unspecified atom stereocenters. The molecule has 2 radical (unpaired) electrons. The van der Waals surface area contributed by atoms with E-state index in [1.807, 2.05) is 0 Å². The Morgan fingerprint density at radius 1 is 0.300 bits per heavy atom. The largest absolute Gasteiger partial charge is 0.153 e. The maximum Gasteiger partial charge on any atom is -0.153 e. The van der Waals surface area contributed by atoms with Gasteiger partial charge >= 0.3 is 304 Å². The molecule has 2 heteroatoms. The van der Waals surface area contributed by atoms with E-state index in [0.717, 1.165) is 0 Å². The van der Waals surface area contributed by atoms with Gasteiger partial charge in [0.05, 0.1) is 0 Å². The third-order valence-electron chi connectivity index (χ3n) is 10.2. The van der Waals surface area contributed by atoms with Gasteiger partial charge in [0.2, 0.25) is 0 Å². The molecular weight excluding hydrogens is 680 g/mol. The van der Waals surface area contributed by atoms with Crippen LogP contribution in [0.5, 0.6) is 0 Å². The number of hydrogen-bond acceptors (Lipinski definition) is 0. The van der Waals surface area contributed by atoms with E-state index >= 15 is 0 Å². The Kier molecular flexibility index (Phi) is 11.2. The molecule has 0 heterocycles. The van der Waals surface area contributed by atoms with E-state index in [9.17, 15) is 0 Å². The fraction of sp³-hybridized carbons (Fsp3) is 0.250. The van der Waals surface area contributed by atoms with E-state index in [-0.39, 0.29) is 9.90 Å². The first kappa shape index (κ1) is 37.5. The second-order valence-electron chi connectivity index (χ2n) is 14.7. The van der Waals surface area contributed by atoms with Crippen molar-refractivity contribution in [3.05, 3.63) is 152 Å². The minimum atomic E-state index is -0.901. The van der Waals surface area contributed by atoms with Crippen LogP contribution in [-0.4, -0.2) is 15.4 Å². The summed E-state index contributed by atoms with van der Waals surface area (Å²) in [4.78, 5) is 0. The van der Waals surface area contributed by atoms with Crippen molar-refractivity contribution in [1.82, 2.24) is 0 Å². The van der Waals surface area contributed by atoms with Gasteiger partial charge in [-0.05, 0) is 0 Å². The summed E-state index contributed by atoms with van der Waals surface area (Å²) in [5, 5.41) is 0. The number of aryl methyl sites for hydroxylation is 12. The number of rotatable bonds is 6. The molecule has 0 aliphatic rings. The normalized spacial score (nSPS) is 11.1. The molecule has 0 bridgehead atoms. The molecule has 6 aromatic rings. The van der Waals surface area contributed by atoms with Crippen molar-refractivity contribution in [2.45, 2.75) is 83.1 Å². The summed E-state index contributed by atoms with van der Waals surface area (Å²) in [6, 6.07) is 33.1. The van der Waals surface area contributed by atoms with Gasteiger partial charge in [-0.2, -0.15) is 9.90 Å². The molecule has 6 aromatic carbocycles. The topological polar surface area (TPSA) is 0 Å². The van der Waals surface area contributed by atoms with Gasteiger partial charge < -0.3 is 0 Å². The molecule has 0 aromatic heterocycles. The molecule has 0 nitrogen and oxygen atoms in total. The van der Waals surface area contributed by atoms with Crippen LogP contribution in [0.4, 0.5) is 0 Å². The third kappa shape index (κ3) is 7.08. The Labute approximate surface area is 311 Å². The Hall–Kier alpha value is -3.71. The van der Waals surface area contributed by atoms with Crippen molar-refractivity contribution < 1.29 is 0 Å². The van der Waals surface area contributed by atoms with Gasteiger partial charge in [-0.15, -0.1) is 0 Å². The third-order valence-corrected chi connectivity index (χ3v) is 13.5. The molecule has 0 saturated carbocycles. The van der Waals surface area contributed by atoms with Crippen LogP contribution in [0.2, 0.25) is 0 Å². The van der Waals surface area contributed by atoms with Crippen LogP contribution in [0.1, 0.15) is 66.8 Å². The zero-order valence-corrected chi connectivity index (χ0v) is 35.8. The summed E-state index contributed by atoms with van der Waals surface area (Å²) in [5.74, 6) is 0. The monoisotopic (exact) mass is 734 g/mol. The molecule has 254 valence electrons. The Bertz CT molecular complexity index is 1860. The summed E-state index contributed by atoms with van der Waals surface area (Å²) >= 11 is -0.901. The van der Waals surface area contributed by atoms with Crippen LogP contribution in [0.25, 0.3) is 44.5 Å². The van der Waals surface area contributed by atoms with Crippen molar-refractivity contribution in [1.29, 1.82) is 0 Å². The second kappa shape index (κ2) is 14.9. The summed E-state index contributed by atoms with van der Waals surface area (Å²) in [7, 11) is 0. The molecule has 50 heavy (non-hydrogen) atoms. The van der Waals surface area contributed by atoms with Gasteiger partial charge in [0.15, 0.2) is 0 Å². The van der Waals surface area contributed by atoms with Crippen molar-refractivity contribution in [3.63, 3.8) is 0 Å². The maximum atomic E-state index is 2.40. The molecule has 0 aliphatic heterocycles. The SMILES string of the molecule is Cc1cc(C)c(-c2cccc(-c3c(C)cc(C)cc3C)[c]2[Ge][c]2c(-c3c(C)cc(C)cc3C)cccc2-c2c(C)cc(C)cc2C)c(C)c1.P. The zero-order chi connectivity index (χ0) is 35.3. The van der Waals surface area contributed by atoms with E-state index in [0.29, 0.717) is 0 Å². The Morgan fingerprint density at radius 3 is 0.660 bits per heavy atom. The molecule has 0 N–H and O–H groups in total. The van der Waals surface area contributed by atoms with E-state index < -0.39 is 15.4 Å². The van der Waals surface area contributed by atoms with Crippen LogP contribution in [0.3, 0.4) is 0 Å². The van der Waals surface area contributed by atoms with Crippen LogP contribution in [0.15, 0.2) is 84.9 Å². The van der Waals surface area contributed by atoms with Crippen molar-refractivity contribution >= 4 is 34.1 Å². The molecule has 0 aliphatic carbocycles. The first-order chi connectivity index (χ1) is 23.2. The standard InChI is InChI=1S/C48H50Ge.H3P/c1-27-19-31(5)43(32(6)20-27)39-15-13-16-40(44-33(7)21-28(2)22-34(44)8)47(39)49-48-41(45-35(9)23-29(3)24-36(45)10)17-14-18-42(48)46-37(11)25-30(4)26-38(46)12;/h13-26H,1-12H3;1H3. The molecular formula is C48H53GeP. The molecule has 0 spiro atoms. The zero-order valence-electron chi connectivity index (χ0n) is 32.3. The van der Waals surface area contributed by atoms with Crippen LogP contribution in [0, 0.1) is 83.1 Å². The predicted octanol–water partition coefficient (Wildman–Crippen LogP) is 11.8. The molecule has 0 amide bonds. The van der Waals surface area contributed by atoms with E-state index in [1.165, 1.54) is 120 Å². The number of benzene rings is 6. The quantitative estimate of drug-likeness (QED) is 0.118. The average Bonchev–Trinajstić information content (AvgIpc) is 2.97. The first-order valence-electron chi connectivity index (χ1n) is 17.6. The predicted molar refractivity (Wildman–Crippen MR) is 228 cm³/mol. The minimum absolute atomic E-state index is 0.